The molecule has 1 aliphatic rings. The Bertz CT molecular complexity index is 783. The number of ketones is 1. The van der Waals surface area contributed by atoms with E-state index in [1.807, 2.05) is 20.2 Å². The number of fused-ring (bicyclic) bond motifs is 3. The Balaban J connectivity index is 0.00000225. The number of hydrogen-bond acceptors (Lipinski definition) is 2. The van der Waals surface area contributed by atoms with Crippen molar-refractivity contribution < 1.29 is 26.4 Å². The van der Waals surface area contributed by atoms with Crippen LogP contribution < -0.4 is 17.1 Å². The third-order valence-electron chi connectivity index (χ3n) is 4.57. The molecule has 4 heteroatoms. The molecule has 0 spiro atoms. The molecule has 0 bridgehead atoms. The number of quaternary nitrogens is 1. The summed E-state index contributed by atoms with van der Waals surface area (Å²) in [5.41, 5.74) is 5.21. The fourth-order valence-electron chi connectivity index (χ4n) is 3.23. The van der Waals surface area contributed by atoms with Gasteiger partial charge in [-0.15, -0.1) is 0 Å². The zero-order valence-corrected chi connectivity index (χ0v) is 15.6. The lowest BCUT2D eigenvalue weighted by Gasteiger charge is -2.28. The smallest absolute Gasteiger partial charge is 0.209 e. The largest absolute Gasteiger partial charge is 1.00 e. The maximum Gasteiger partial charge on any atom is 0.209 e. The predicted octanol–water partition coefficient (Wildman–Crippen LogP) is 0.472. The van der Waals surface area contributed by atoms with Crippen molar-refractivity contribution in [1.29, 1.82) is 0 Å². The molecular formula is C21H24ClNO2. The number of hydrogen-bond donors (Lipinski definition) is 0. The van der Waals surface area contributed by atoms with Crippen LogP contribution >= 0.6 is 0 Å². The van der Waals surface area contributed by atoms with Gasteiger partial charge < -0.3 is 21.6 Å². The van der Waals surface area contributed by atoms with Crippen LogP contribution in [0.25, 0.3) is 11.1 Å². The van der Waals surface area contributed by atoms with Crippen LogP contribution in [0.2, 0.25) is 0 Å². The quantitative estimate of drug-likeness (QED) is 0.454. The van der Waals surface area contributed by atoms with Crippen molar-refractivity contribution in [2.45, 2.75) is 6.42 Å². The van der Waals surface area contributed by atoms with Gasteiger partial charge in [0, 0.05) is 12.0 Å². The standard InChI is InChI=1S/C21H24NO2.ClH/c1-4-17(23)15-22(2,3)12-13-24-21-11-7-10-19-18-9-6-5-8-16(18)14-20(19)21;/h4-11H,1,12-15H2,2-3H3;1H/q+1;/p-1. The summed E-state index contributed by atoms with van der Waals surface area (Å²) in [4.78, 5) is 11.6. The molecule has 0 N–H and O–H groups in total. The summed E-state index contributed by atoms with van der Waals surface area (Å²) in [6.07, 6.45) is 2.32. The average Bonchev–Trinajstić information content (AvgIpc) is 2.94. The van der Waals surface area contributed by atoms with Crippen LogP contribution in [0.15, 0.2) is 55.1 Å². The fourth-order valence-corrected chi connectivity index (χ4v) is 3.23. The number of carbonyl (C=O) groups excluding carboxylic acids is 1. The van der Waals surface area contributed by atoms with Gasteiger partial charge in [-0.2, -0.15) is 0 Å². The first-order valence-electron chi connectivity index (χ1n) is 8.30. The van der Waals surface area contributed by atoms with Gasteiger partial charge in [0.2, 0.25) is 5.78 Å². The van der Waals surface area contributed by atoms with Gasteiger partial charge in [-0.3, -0.25) is 4.79 Å². The molecule has 2 aromatic carbocycles. The Kier molecular flexibility index (Phi) is 6.04. The summed E-state index contributed by atoms with van der Waals surface area (Å²) >= 11 is 0. The minimum Gasteiger partial charge on any atom is -1.00 e. The summed E-state index contributed by atoms with van der Waals surface area (Å²) in [5, 5.41) is 0. The predicted molar refractivity (Wildman–Crippen MR) is 97.2 cm³/mol. The Morgan fingerprint density at radius 3 is 2.64 bits per heavy atom. The lowest BCUT2D eigenvalue weighted by Crippen LogP contribution is -3.00. The summed E-state index contributed by atoms with van der Waals surface area (Å²) in [5.74, 6) is 1.02. The number of benzene rings is 2. The van der Waals surface area contributed by atoms with E-state index < -0.39 is 0 Å². The lowest BCUT2D eigenvalue weighted by atomic mass is 10.1. The van der Waals surface area contributed by atoms with Crippen LogP contribution in [0.1, 0.15) is 11.1 Å². The molecule has 3 rings (SSSR count). The molecule has 0 unspecified atom stereocenters. The topological polar surface area (TPSA) is 26.3 Å². The molecule has 1 aliphatic carbocycles. The molecule has 2 aromatic rings. The zero-order chi connectivity index (χ0) is 17.2. The highest BCUT2D eigenvalue weighted by molar-refractivity contribution is 5.90. The molecular weight excluding hydrogens is 334 g/mol. The van der Waals surface area contributed by atoms with Crippen molar-refractivity contribution in [2.24, 2.45) is 0 Å². The highest BCUT2D eigenvalue weighted by Crippen LogP contribution is 2.40. The molecule has 0 aromatic heterocycles. The summed E-state index contributed by atoms with van der Waals surface area (Å²) in [6.45, 7) is 5.35. The van der Waals surface area contributed by atoms with Crippen LogP contribution in [-0.2, 0) is 11.2 Å². The van der Waals surface area contributed by atoms with Gasteiger partial charge in [-0.1, -0.05) is 43.0 Å². The normalized spacial score (nSPS) is 11.9. The molecule has 0 saturated heterocycles. The number of nitrogens with zero attached hydrogens (tertiary/aromatic N) is 1. The molecule has 0 atom stereocenters. The summed E-state index contributed by atoms with van der Waals surface area (Å²) in [6, 6.07) is 14.8. The molecule has 25 heavy (non-hydrogen) atoms. The Labute approximate surface area is 155 Å². The SMILES string of the molecule is C=CC(=O)C[N+](C)(C)CCOc1cccc2c1Cc1ccccc1-2.[Cl-]. The maximum absolute atomic E-state index is 11.6. The average molecular weight is 358 g/mol. The molecule has 0 saturated carbocycles. The summed E-state index contributed by atoms with van der Waals surface area (Å²) < 4.78 is 6.68. The van der Waals surface area contributed by atoms with Crippen LogP contribution in [0.4, 0.5) is 0 Å². The van der Waals surface area contributed by atoms with Gasteiger partial charge in [0.15, 0.2) is 0 Å². The van der Waals surface area contributed by atoms with Gasteiger partial charge in [0.05, 0.1) is 14.1 Å². The first-order valence-corrected chi connectivity index (χ1v) is 8.30. The second-order valence-corrected chi connectivity index (χ2v) is 6.95. The first-order chi connectivity index (χ1) is 11.5. The van der Waals surface area contributed by atoms with E-state index in [2.05, 4.69) is 43.0 Å². The molecule has 0 heterocycles. The van der Waals surface area contributed by atoms with Crippen molar-refractivity contribution >= 4 is 5.78 Å². The Morgan fingerprint density at radius 1 is 1.16 bits per heavy atom. The molecule has 0 radical (unpaired) electrons. The Hall–Kier alpha value is -2.10. The number of ether oxygens (including phenoxy) is 1. The van der Waals surface area contributed by atoms with Crippen LogP contribution in [0.5, 0.6) is 5.75 Å². The number of halogens is 1. The van der Waals surface area contributed by atoms with Crippen molar-refractivity contribution in [3.63, 3.8) is 0 Å². The van der Waals surface area contributed by atoms with Crippen LogP contribution in [0.3, 0.4) is 0 Å². The van der Waals surface area contributed by atoms with Crippen molar-refractivity contribution in [3.05, 3.63) is 66.2 Å². The second-order valence-electron chi connectivity index (χ2n) is 6.95. The number of rotatable bonds is 7. The number of carbonyl (C=O) groups is 1. The van der Waals surface area contributed by atoms with E-state index in [1.165, 1.54) is 28.3 Å². The molecule has 0 amide bonds. The highest BCUT2D eigenvalue weighted by atomic mass is 35.5. The van der Waals surface area contributed by atoms with Gasteiger partial charge in [0.25, 0.3) is 0 Å². The maximum atomic E-state index is 11.6. The monoisotopic (exact) mass is 357 g/mol. The van der Waals surface area contributed by atoms with E-state index in [0.717, 1.165) is 18.7 Å². The fraction of sp³-hybridized carbons (Fsp3) is 0.286. The van der Waals surface area contributed by atoms with Gasteiger partial charge in [0.1, 0.15) is 25.4 Å². The van der Waals surface area contributed by atoms with E-state index in [9.17, 15) is 4.79 Å². The van der Waals surface area contributed by atoms with E-state index in [4.69, 9.17) is 4.74 Å². The highest BCUT2D eigenvalue weighted by Gasteiger charge is 2.22. The third kappa shape index (κ3) is 4.30. The molecule has 132 valence electrons. The lowest BCUT2D eigenvalue weighted by molar-refractivity contribution is -0.882. The minimum absolute atomic E-state index is 0. The second kappa shape index (κ2) is 7.85. The van der Waals surface area contributed by atoms with E-state index in [0.29, 0.717) is 17.6 Å². The third-order valence-corrected chi connectivity index (χ3v) is 4.57. The zero-order valence-electron chi connectivity index (χ0n) is 14.8. The first kappa shape index (κ1) is 19.2. The van der Waals surface area contributed by atoms with Crippen molar-refractivity contribution in [3.8, 4) is 16.9 Å². The summed E-state index contributed by atoms with van der Waals surface area (Å²) in [7, 11) is 4.08. The van der Waals surface area contributed by atoms with Gasteiger partial charge >= 0.3 is 0 Å². The van der Waals surface area contributed by atoms with E-state index in [1.54, 1.807) is 0 Å². The van der Waals surface area contributed by atoms with Gasteiger partial charge in [-0.05, 0) is 28.8 Å². The van der Waals surface area contributed by atoms with Gasteiger partial charge in [-0.25, -0.2) is 0 Å². The van der Waals surface area contributed by atoms with E-state index >= 15 is 0 Å². The molecule has 3 nitrogen and oxygen atoms in total. The molecule has 0 fully saturated rings. The Morgan fingerprint density at radius 2 is 1.88 bits per heavy atom. The minimum atomic E-state index is 0. The van der Waals surface area contributed by atoms with Crippen molar-refractivity contribution in [1.82, 2.24) is 0 Å². The van der Waals surface area contributed by atoms with Crippen LogP contribution in [-0.4, -0.2) is 44.1 Å². The van der Waals surface area contributed by atoms with E-state index in [-0.39, 0.29) is 18.2 Å². The number of likely N-dealkylation sites (N-methyl/N-ethyl adjacent to an activating group) is 1. The van der Waals surface area contributed by atoms with Crippen LogP contribution in [0, 0.1) is 0 Å². The molecule has 0 aliphatic heterocycles. The van der Waals surface area contributed by atoms with Crippen molar-refractivity contribution in [2.75, 3.05) is 33.8 Å².